The van der Waals surface area contributed by atoms with E-state index < -0.39 is 6.10 Å². The van der Waals surface area contributed by atoms with Gasteiger partial charge in [0.25, 0.3) is 0 Å². The van der Waals surface area contributed by atoms with Crippen LogP contribution in [0, 0.1) is 0 Å². The molecule has 0 aromatic rings. The molecule has 0 rings (SSSR count). The van der Waals surface area contributed by atoms with E-state index in [-0.39, 0.29) is 37.5 Å². The number of unbranched alkanes of at least 4 members (excludes halogenated alkanes) is 28. The molecular weight excluding hydrogens is 865 g/mol. The van der Waals surface area contributed by atoms with Crippen LogP contribution < -0.4 is 0 Å². The third kappa shape index (κ3) is 55.5. The van der Waals surface area contributed by atoms with Crippen molar-refractivity contribution in [2.24, 2.45) is 0 Å². The first-order valence-electron chi connectivity index (χ1n) is 29.6. The lowest BCUT2D eigenvalue weighted by Gasteiger charge is -2.18. The molecule has 0 saturated carbocycles. The number of ether oxygens (including phenoxy) is 3. The molecule has 0 aromatic carbocycles. The molecule has 0 bridgehead atoms. The van der Waals surface area contributed by atoms with Gasteiger partial charge in [-0.2, -0.15) is 0 Å². The molecule has 6 heteroatoms. The third-order valence-electron chi connectivity index (χ3n) is 12.6. The Labute approximate surface area is 433 Å². The minimum atomic E-state index is -0.810. The summed E-state index contributed by atoms with van der Waals surface area (Å²) in [7, 11) is 0. The molecule has 0 aliphatic rings. The lowest BCUT2D eigenvalue weighted by atomic mass is 10.0. The summed E-state index contributed by atoms with van der Waals surface area (Å²) in [5.74, 6) is -0.986. The van der Waals surface area contributed by atoms with E-state index in [0.29, 0.717) is 19.3 Å². The monoisotopic (exact) mass is 975 g/mol. The minimum Gasteiger partial charge on any atom is -0.462 e. The maximum absolute atomic E-state index is 12.9. The van der Waals surface area contributed by atoms with Crippen LogP contribution in [-0.2, 0) is 28.6 Å². The molecule has 1 unspecified atom stereocenters. The van der Waals surface area contributed by atoms with Crippen LogP contribution in [-0.4, -0.2) is 37.2 Å². The molecule has 0 aromatic heterocycles. The van der Waals surface area contributed by atoms with Gasteiger partial charge in [0.15, 0.2) is 6.10 Å². The highest BCUT2D eigenvalue weighted by molar-refractivity contribution is 5.71. The highest BCUT2D eigenvalue weighted by atomic mass is 16.6. The van der Waals surface area contributed by atoms with Crippen LogP contribution in [0.4, 0.5) is 0 Å². The average Bonchev–Trinajstić information content (AvgIpc) is 3.36. The highest BCUT2D eigenvalue weighted by Crippen LogP contribution is 2.16. The van der Waals surface area contributed by atoms with Crippen molar-refractivity contribution < 1.29 is 28.6 Å². The van der Waals surface area contributed by atoms with Crippen LogP contribution >= 0.6 is 0 Å². The summed E-state index contributed by atoms with van der Waals surface area (Å²) in [4.78, 5) is 38.2. The standard InChI is InChI=1S/C64H110O6/c1-4-7-10-13-16-19-22-25-28-31-32-34-36-39-42-45-48-51-54-57-63(66)69-60-61(59-68-62(65)56-53-50-47-44-41-38-35-30-27-24-21-18-15-12-9-6-3)70-64(67)58-55-52-49-46-43-40-37-33-29-26-23-20-17-14-11-8-5-2/h9,12,17-18,20-21,26-27,29-30,38,41,47,50,61H,4-8,10-11,13-16,19,22-25,28,31-37,39-40,42-46,48-49,51-60H2,1-3H3/b12-9-,20-17-,21-18-,29-26-,30-27-,41-38-,50-47-. The van der Waals surface area contributed by atoms with E-state index in [1.807, 2.05) is 6.08 Å². The van der Waals surface area contributed by atoms with Crippen molar-refractivity contribution in [3.8, 4) is 0 Å². The van der Waals surface area contributed by atoms with Crippen LogP contribution in [0.5, 0.6) is 0 Å². The highest BCUT2D eigenvalue weighted by Gasteiger charge is 2.19. The normalized spacial score (nSPS) is 12.7. The van der Waals surface area contributed by atoms with Crippen LogP contribution in [0.25, 0.3) is 0 Å². The van der Waals surface area contributed by atoms with Crippen LogP contribution in [0.15, 0.2) is 85.1 Å². The van der Waals surface area contributed by atoms with E-state index >= 15 is 0 Å². The number of hydrogen-bond donors (Lipinski definition) is 0. The van der Waals surface area contributed by atoms with Gasteiger partial charge in [0.1, 0.15) is 13.2 Å². The van der Waals surface area contributed by atoms with Gasteiger partial charge >= 0.3 is 17.9 Å². The van der Waals surface area contributed by atoms with Crippen LogP contribution in [0.1, 0.15) is 284 Å². The SMILES string of the molecule is CC/C=C\C/C=C\C/C=C\C/C=C\C/C=C\CCC(=O)OCC(COC(=O)CCCCCCCCCCCCCCCCCCCCC)OC(=O)CCCCCCCCC/C=C\C/C=C\CCCCC. The molecular formula is C64H110O6. The minimum absolute atomic E-state index is 0.101. The van der Waals surface area contributed by atoms with Gasteiger partial charge in [-0.25, -0.2) is 0 Å². The molecule has 0 N–H and O–H groups in total. The summed E-state index contributed by atoms with van der Waals surface area (Å²) in [6.45, 7) is 6.46. The van der Waals surface area contributed by atoms with E-state index in [4.69, 9.17) is 14.2 Å². The van der Waals surface area contributed by atoms with Gasteiger partial charge in [-0.1, -0.05) is 266 Å². The molecule has 0 aliphatic carbocycles. The van der Waals surface area contributed by atoms with Crippen molar-refractivity contribution in [2.75, 3.05) is 13.2 Å². The van der Waals surface area contributed by atoms with Crippen molar-refractivity contribution in [1.29, 1.82) is 0 Å². The average molecular weight is 976 g/mol. The topological polar surface area (TPSA) is 78.9 Å². The zero-order valence-corrected chi connectivity index (χ0v) is 46.0. The van der Waals surface area contributed by atoms with E-state index in [9.17, 15) is 14.4 Å². The van der Waals surface area contributed by atoms with Gasteiger partial charge in [0.05, 0.1) is 0 Å². The molecule has 402 valence electrons. The second-order valence-electron chi connectivity index (χ2n) is 19.5. The first kappa shape index (κ1) is 66.6. The fourth-order valence-electron chi connectivity index (χ4n) is 8.23. The van der Waals surface area contributed by atoms with E-state index in [1.54, 1.807) is 0 Å². The molecule has 6 nitrogen and oxygen atoms in total. The Morgan fingerprint density at radius 3 is 0.986 bits per heavy atom. The Kier molecular flexibility index (Phi) is 55.3. The molecule has 70 heavy (non-hydrogen) atoms. The van der Waals surface area contributed by atoms with Crippen molar-refractivity contribution in [3.63, 3.8) is 0 Å². The van der Waals surface area contributed by atoms with Gasteiger partial charge < -0.3 is 14.2 Å². The van der Waals surface area contributed by atoms with Gasteiger partial charge in [-0.15, -0.1) is 0 Å². The number of allylic oxidation sites excluding steroid dienone is 14. The maximum atomic E-state index is 12.9. The number of carbonyl (C=O) groups excluding carboxylic acids is 3. The Morgan fingerprint density at radius 2 is 0.586 bits per heavy atom. The quantitative estimate of drug-likeness (QED) is 0.0261. The van der Waals surface area contributed by atoms with Crippen LogP contribution in [0.3, 0.4) is 0 Å². The number of hydrogen-bond acceptors (Lipinski definition) is 6. The summed E-state index contributed by atoms with van der Waals surface area (Å²) < 4.78 is 16.8. The molecule has 0 spiro atoms. The summed E-state index contributed by atoms with van der Waals surface area (Å²) in [5.41, 5.74) is 0. The fourth-order valence-corrected chi connectivity index (χ4v) is 8.23. The number of esters is 3. The zero-order chi connectivity index (χ0) is 50.7. The third-order valence-corrected chi connectivity index (χ3v) is 12.6. The van der Waals surface area contributed by atoms with Crippen molar-refractivity contribution >= 4 is 17.9 Å². The Bertz CT molecular complexity index is 1350. The molecule has 0 amide bonds. The predicted molar refractivity (Wildman–Crippen MR) is 302 cm³/mol. The maximum Gasteiger partial charge on any atom is 0.306 e. The van der Waals surface area contributed by atoms with Crippen molar-refractivity contribution in [1.82, 2.24) is 0 Å². The summed E-state index contributed by atoms with van der Waals surface area (Å²) in [6.07, 6.45) is 75.9. The molecule has 0 aliphatic heterocycles. The Hall–Kier alpha value is -3.41. The van der Waals surface area contributed by atoms with Gasteiger partial charge in [-0.05, 0) is 83.5 Å². The second kappa shape index (κ2) is 58.2. The van der Waals surface area contributed by atoms with Gasteiger partial charge in [0, 0.05) is 19.3 Å². The molecule has 0 saturated heterocycles. The van der Waals surface area contributed by atoms with E-state index in [2.05, 4.69) is 99.8 Å². The van der Waals surface area contributed by atoms with E-state index in [0.717, 1.165) is 83.5 Å². The first-order valence-corrected chi connectivity index (χ1v) is 29.6. The smallest absolute Gasteiger partial charge is 0.306 e. The molecule has 0 fully saturated rings. The van der Waals surface area contributed by atoms with Crippen LogP contribution in [0.2, 0.25) is 0 Å². The lowest BCUT2D eigenvalue weighted by Crippen LogP contribution is -2.30. The number of carbonyl (C=O) groups is 3. The Balaban J connectivity index is 4.45. The first-order chi connectivity index (χ1) is 34.5. The largest absolute Gasteiger partial charge is 0.462 e. The summed E-state index contributed by atoms with van der Waals surface area (Å²) >= 11 is 0. The fraction of sp³-hybridized carbons (Fsp3) is 0.734. The van der Waals surface area contributed by atoms with E-state index in [1.165, 1.54) is 154 Å². The lowest BCUT2D eigenvalue weighted by molar-refractivity contribution is -0.166. The molecule has 1 atom stereocenters. The van der Waals surface area contributed by atoms with Crippen molar-refractivity contribution in [3.05, 3.63) is 85.1 Å². The second-order valence-corrected chi connectivity index (χ2v) is 19.5. The predicted octanol–water partition coefficient (Wildman–Crippen LogP) is 19.9. The summed E-state index contributed by atoms with van der Waals surface area (Å²) in [6, 6.07) is 0. The number of rotatable bonds is 53. The van der Waals surface area contributed by atoms with Gasteiger partial charge in [-0.3, -0.25) is 14.4 Å². The Morgan fingerprint density at radius 1 is 0.300 bits per heavy atom. The zero-order valence-electron chi connectivity index (χ0n) is 46.0. The molecule has 0 heterocycles. The van der Waals surface area contributed by atoms with Crippen molar-refractivity contribution in [2.45, 2.75) is 290 Å². The van der Waals surface area contributed by atoms with Gasteiger partial charge in [0.2, 0.25) is 0 Å². The molecule has 0 radical (unpaired) electrons. The summed E-state index contributed by atoms with van der Waals surface area (Å²) in [5, 5.41) is 0.